The van der Waals surface area contributed by atoms with E-state index >= 15 is 0 Å². The van der Waals surface area contributed by atoms with Crippen molar-refractivity contribution in [2.45, 2.75) is 116 Å². The van der Waals surface area contributed by atoms with E-state index < -0.39 is 6.10 Å². The van der Waals surface area contributed by atoms with Crippen LogP contribution in [0.2, 0.25) is 0 Å². The summed E-state index contributed by atoms with van der Waals surface area (Å²) in [5.41, 5.74) is 0. The summed E-state index contributed by atoms with van der Waals surface area (Å²) >= 11 is 0. The number of hydrogen-bond acceptors (Lipinski definition) is 2. The minimum absolute atomic E-state index is 0.0283. The van der Waals surface area contributed by atoms with E-state index in [-0.39, 0.29) is 5.78 Å². The second-order valence-electron chi connectivity index (χ2n) is 6.38. The summed E-state index contributed by atoms with van der Waals surface area (Å²) in [5.74, 6) is 0.0283. The largest absolute Gasteiger partial charge is 0.385 e. The van der Waals surface area contributed by atoms with Gasteiger partial charge in [-0.25, -0.2) is 0 Å². The summed E-state index contributed by atoms with van der Waals surface area (Å²) in [5, 5.41) is 9.37. The Kier molecular flexibility index (Phi) is 15.7. The molecule has 0 saturated heterocycles. The normalized spacial score (nSPS) is 12.5. The molecule has 0 fully saturated rings. The highest BCUT2D eigenvalue weighted by Crippen LogP contribution is 2.13. The molecular formula is C19H38O2. The molecule has 126 valence electrons. The molecule has 0 spiro atoms. The number of hydrogen-bond donors (Lipinski definition) is 1. The number of aliphatic hydroxyl groups is 1. The Morgan fingerprint density at radius 1 is 0.714 bits per heavy atom. The first-order valence-electron chi connectivity index (χ1n) is 9.43. The third kappa shape index (κ3) is 14.3. The summed E-state index contributed by atoms with van der Waals surface area (Å²) in [6, 6.07) is 0. The molecule has 0 aromatic carbocycles. The molecule has 0 aromatic heterocycles. The highest BCUT2D eigenvalue weighted by atomic mass is 16.3. The molecule has 0 saturated carbocycles. The first-order chi connectivity index (χ1) is 10.2. The Balaban J connectivity index is 3.11. The standard InChI is InChI=1S/C19H38O2/c1-3-5-6-7-8-9-10-11-12-13-14-15-16-17-19(21)18(20)4-2/h18,20H,3-17H2,1-2H3. The lowest BCUT2D eigenvalue weighted by Gasteiger charge is -2.06. The molecule has 0 rings (SSSR count). The van der Waals surface area contributed by atoms with Crippen LogP contribution in [0.25, 0.3) is 0 Å². The van der Waals surface area contributed by atoms with Crippen LogP contribution in [0.15, 0.2) is 0 Å². The van der Waals surface area contributed by atoms with Gasteiger partial charge in [-0.1, -0.05) is 90.9 Å². The Hall–Kier alpha value is -0.370. The Morgan fingerprint density at radius 2 is 1.10 bits per heavy atom. The summed E-state index contributed by atoms with van der Waals surface area (Å²) in [4.78, 5) is 11.4. The smallest absolute Gasteiger partial charge is 0.161 e. The van der Waals surface area contributed by atoms with Crippen molar-refractivity contribution in [1.82, 2.24) is 0 Å². The number of Topliss-reactive ketones (excluding diaryl/α,β-unsaturated/α-hetero) is 1. The number of unbranched alkanes of at least 4 members (excludes halogenated alkanes) is 12. The first-order valence-corrected chi connectivity index (χ1v) is 9.43. The predicted molar refractivity (Wildman–Crippen MR) is 91.6 cm³/mol. The summed E-state index contributed by atoms with van der Waals surface area (Å²) in [7, 11) is 0. The Labute approximate surface area is 132 Å². The van der Waals surface area contributed by atoms with Crippen molar-refractivity contribution in [2.24, 2.45) is 0 Å². The third-order valence-electron chi connectivity index (χ3n) is 4.29. The van der Waals surface area contributed by atoms with Gasteiger partial charge in [-0.3, -0.25) is 4.79 Å². The predicted octanol–water partition coefficient (Wildman–Crippen LogP) is 5.81. The number of aliphatic hydroxyl groups excluding tert-OH is 1. The summed E-state index contributed by atoms with van der Waals surface area (Å²) < 4.78 is 0. The van der Waals surface area contributed by atoms with E-state index in [2.05, 4.69) is 6.92 Å². The lowest BCUT2D eigenvalue weighted by Crippen LogP contribution is -2.18. The minimum atomic E-state index is -0.720. The van der Waals surface area contributed by atoms with Crippen molar-refractivity contribution in [3.05, 3.63) is 0 Å². The fraction of sp³-hybridized carbons (Fsp3) is 0.947. The molecule has 0 bridgehead atoms. The zero-order valence-corrected chi connectivity index (χ0v) is 14.5. The lowest BCUT2D eigenvalue weighted by atomic mass is 10.0. The van der Waals surface area contributed by atoms with Crippen LogP contribution in [0.5, 0.6) is 0 Å². The highest BCUT2D eigenvalue weighted by molar-refractivity contribution is 5.82. The van der Waals surface area contributed by atoms with Gasteiger partial charge in [-0.2, -0.15) is 0 Å². The van der Waals surface area contributed by atoms with Gasteiger partial charge in [-0.15, -0.1) is 0 Å². The maximum Gasteiger partial charge on any atom is 0.161 e. The topological polar surface area (TPSA) is 37.3 Å². The molecule has 21 heavy (non-hydrogen) atoms. The Bertz CT molecular complexity index is 226. The van der Waals surface area contributed by atoms with E-state index in [9.17, 15) is 9.90 Å². The van der Waals surface area contributed by atoms with Gasteiger partial charge in [0.25, 0.3) is 0 Å². The first kappa shape index (κ1) is 20.6. The number of carbonyl (C=O) groups excluding carboxylic acids is 1. The van der Waals surface area contributed by atoms with Crippen LogP contribution in [-0.2, 0) is 4.79 Å². The fourth-order valence-corrected chi connectivity index (χ4v) is 2.71. The van der Waals surface area contributed by atoms with Crippen molar-refractivity contribution in [3.63, 3.8) is 0 Å². The monoisotopic (exact) mass is 298 g/mol. The third-order valence-corrected chi connectivity index (χ3v) is 4.29. The Morgan fingerprint density at radius 3 is 1.48 bits per heavy atom. The molecule has 1 unspecified atom stereocenters. The van der Waals surface area contributed by atoms with Crippen LogP contribution in [0.4, 0.5) is 0 Å². The van der Waals surface area contributed by atoms with Gasteiger partial charge < -0.3 is 5.11 Å². The SMILES string of the molecule is CCCCCCCCCCCCCCCC(=O)C(O)CC. The van der Waals surface area contributed by atoms with Crippen molar-refractivity contribution in [3.8, 4) is 0 Å². The van der Waals surface area contributed by atoms with Crippen molar-refractivity contribution in [1.29, 1.82) is 0 Å². The van der Waals surface area contributed by atoms with Crippen LogP contribution in [0, 0.1) is 0 Å². The van der Waals surface area contributed by atoms with E-state index in [0.717, 1.165) is 12.8 Å². The molecule has 0 heterocycles. The molecule has 0 aromatic rings. The van der Waals surface area contributed by atoms with Crippen molar-refractivity contribution < 1.29 is 9.90 Å². The molecule has 1 N–H and O–H groups in total. The van der Waals surface area contributed by atoms with E-state index in [1.807, 2.05) is 6.92 Å². The average molecular weight is 299 g/mol. The molecule has 0 aliphatic heterocycles. The molecule has 0 radical (unpaired) electrons. The second kappa shape index (κ2) is 16.0. The molecule has 0 aliphatic rings. The fourth-order valence-electron chi connectivity index (χ4n) is 2.71. The van der Waals surface area contributed by atoms with E-state index in [1.54, 1.807) is 0 Å². The molecule has 2 heteroatoms. The van der Waals surface area contributed by atoms with Gasteiger partial charge in [-0.05, 0) is 12.8 Å². The quantitative estimate of drug-likeness (QED) is 0.365. The highest BCUT2D eigenvalue weighted by Gasteiger charge is 2.11. The summed E-state index contributed by atoms with van der Waals surface area (Å²) in [6.45, 7) is 4.12. The lowest BCUT2D eigenvalue weighted by molar-refractivity contribution is -0.127. The molecule has 1 atom stereocenters. The van der Waals surface area contributed by atoms with E-state index in [4.69, 9.17) is 0 Å². The van der Waals surface area contributed by atoms with Crippen LogP contribution < -0.4 is 0 Å². The van der Waals surface area contributed by atoms with Crippen LogP contribution in [0.3, 0.4) is 0 Å². The van der Waals surface area contributed by atoms with Gasteiger partial charge in [0.2, 0.25) is 0 Å². The molecular weight excluding hydrogens is 260 g/mol. The van der Waals surface area contributed by atoms with Gasteiger partial charge in [0.05, 0.1) is 0 Å². The number of rotatable bonds is 16. The number of ketones is 1. The zero-order valence-electron chi connectivity index (χ0n) is 14.5. The van der Waals surface area contributed by atoms with Gasteiger partial charge in [0, 0.05) is 6.42 Å². The van der Waals surface area contributed by atoms with Gasteiger partial charge >= 0.3 is 0 Å². The van der Waals surface area contributed by atoms with Gasteiger partial charge in [0.15, 0.2) is 5.78 Å². The van der Waals surface area contributed by atoms with Crippen molar-refractivity contribution >= 4 is 5.78 Å². The molecule has 2 nitrogen and oxygen atoms in total. The van der Waals surface area contributed by atoms with Gasteiger partial charge in [0.1, 0.15) is 6.10 Å². The number of carbonyl (C=O) groups is 1. The van der Waals surface area contributed by atoms with E-state index in [1.165, 1.54) is 70.6 Å². The maximum atomic E-state index is 11.4. The van der Waals surface area contributed by atoms with Crippen LogP contribution in [-0.4, -0.2) is 17.0 Å². The average Bonchev–Trinajstić information content (AvgIpc) is 2.50. The van der Waals surface area contributed by atoms with Crippen molar-refractivity contribution in [2.75, 3.05) is 0 Å². The maximum absolute atomic E-state index is 11.4. The van der Waals surface area contributed by atoms with E-state index in [0.29, 0.717) is 12.8 Å². The van der Waals surface area contributed by atoms with Crippen LogP contribution >= 0.6 is 0 Å². The van der Waals surface area contributed by atoms with Crippen LogP contribution in [0.1, 0.15) is 110 Å². The summed E-state index contributed by atoms with van der Waals surface area (Å²) in [6.07, 6.45) is 17.6. The molecule has 0 amide bonds. The molecule has 0 aliphatic carbocycles. The zero-order chi connectivity index (χ0) is 15.8. The minimum Gasteiger partial charge on any atom is -0.385 e. The second-order valence-corrected chi connectivity index (χ2v) is 6.38.